The Morgan fingerprint density at radius 3 is 3.19 bits per heavy atom. The number of nitrogens with zero attached hydrogens (tertiary/aromatic N) is 2. The van der Waals surface area contributed by atoms with E-state index in [9.17, 15) is 0 Å². The van der Waals surface area contributed by atoms with Gasteiger partial charge in [0.2, 0.25) is 0 Å². The molecule has 3 nitrogen and oxygen atoms in total. The first kappa shape index (κ1) is 11.4. The summed E-state index contributed by atoms with van der Waals surface area (Å²) in [5.41, 5.74) is 1.20. The van der Waals surface area contributed by atoms with Gasteiger partial charge in [0.05, 0.1) is 6.20 Å². The number of aryl methyl sites for hydroxylation is 1. The van der Waals surface area contributed by atoms with Crippen LogP contribution < -0.4 is 5.32 Å². The van der Waals surface area contributed by atoms with Gasteiger partial charge in [-0.05, 0) is 32.2 Å². The fourth-order valence-corrected chi connectivity index (χ4v) is 2.16. The van der Waals surface area contributed by atoms with Crippen LogP contribution in [0, 0.1) is 5.92 Å². The monoisotopic (exact) mass is 219 g/mol. The molecular formula is C13H21N3. The maximum atomic E-state index is 4.26. The molecule has 2 rings (SSSR count). The van der Waals surface area contributed by atoms with Crippen molar-refractivity contribution >= 4 is 6.08 Å². The van der Waals surface area contributed by atoms with Gasteiger partial charge in [0.15, 0.2) is 0 Å². The van der Waals surface area contributed by atoms with Crippen LogP contribution in [-0.4, -0.2) is 22.4 Å². The molecule has 1 aliphatic heterocycles. The third-order valence-corrected chi connectivity index (χ3v) is 3.20. The van der Waals surface area contributed by atoms with E-state index in [1.807, 2.05) is 10.9 Å². The molecule has 2 atom stereocenters. The van der Waals surface area contributed by atoms with Gasteiger partial charge in [-0.25, -0.2) is 0 Å². The highest BCUT2D eigenvalue weighted by atomic mass is 15.3. The summed E-state index contributed by atoms with van der Waals surface area (Å²) in [6.07, 6.45) is 11.0. The van der Waals surface area contributed by atoms with Crippen molar-refractivity contribution in [1.82, 2.24) is 15.1 Å². The van der Waals surface area contributed by atoms with Gasteiger partial charge in [-0.2, -0.15) is 5.10 Å². The third-order valence-electron chi connectivity index (χ3n) is 3.20. The molecule has 0 spiro atoms. The van der Waals surface area contributed by atoms with Crippen molar-refractivity contribution in [2.24, 2.45) is 5.92 Å². The molecule has 1 aromatic rings. The van der Waals surface area contributed by atoms with Crippen molar-refractivity contribution in [3.05, 3.63) is 24.0 Å². The number of hydrogen-bond acceptors (Lipinski definition) is 2. The Kier molecular flexibility index (Phi) is 3.78. The normalized spacial score (nSPS) is 26.4. The number of nitrogens with one attached hydrogen (secondary N) is 1. The smallest absolute Gasteiger partial charge is 0.0562 e. The summed E-state index contributed by atoms with van der Waals surface area (Å²) in [6.45, 7) is 6.51. The first-order chi connectivity index (χ1) is 7.78. The fourth-order valence-electron chi connectivity index (χ4n) is 2.16. The lowest BCUT2D eigenvalue weighted by atomic mass is 9.94. The molecule has 0 bridgehead atoms. The molecule has 88 valence electrons. The third kappa shape index (κ3) is 2.95. The highest BCUT2D eigenvalue weighted by Gasteiger charge is 2.15. The van der Waals surface area contributed by atoms with Crippen LogP contribution in [0.4, 0.5) is 0 Å². The van der Waals surface area contributed by atoms with Crippen molar-refractivity contribution in [2.45, 2.75) is 39.3 Å². The molecule has 1 saturated heterocycles. The first-order valence-electron chi connectivity index (χ1n) is 6.22. The molecule has 0 aromatic carbocycles. The molecule has 0 saturated carbocycles. The summed E-state index contributed by atoms with van der Waals surface area (Å²) in [5.74, 6) is 0.842. The van der Waals surface area contributed by atoms with Gasteiger partial charge in [0.1, 0.15) is 0 Å². The van der Waals surface area contributed by atoms with Crippen molar-refractivity contribution in [2.75, 3.05) is 6.54 Å². The van der Waals surface area contributed by atoms with Crippen molar-refractivity contribution in [1.29, 1.82) is 0 Å². The Hall–Kier alpha value is -1.09. The maximum absolute atomic E-state index is 4.26. The maximum Gasteiger partial charge on any atom is 0.0562 e. The summed E-state index contributed by atoms with van der Waals surface area (Å²) in [6, 6.07) is 0.536. The zero-order chi connectivity index (χ0) is 11.4. The van der Waals surface area contributed by atoms with Crippen LogP contribution in [0.2, 0.25) is 0 Å². The quantitative estimate of drug-likeness (QED) is 0.845. The Bertz CT molecular complexity index is 354. The minimum Gasteiger partial charge on any atom is -0.310 e. The van der Waals surface area contributed by atoms with Crippen LogP contribution in [0.3, 0.4) is 0 Å². The second-order valence-corrected chi connectivity index (χ2v) is 4.68. The van der Waals surface area contributed by atoms with Gasteiger partial charge >= 0.3 is 0 Å². The van der Waals surface area contributed by atoms with Gasteiger partial charge in [-0.3, -0.25) is 4.68 Å². The van der Waals surface area contributed by atoms with Gasteiger partial charge in [0.25, 0.3) is 0 Å². The zero-order valence-corrected chi connectivity index (χ0v) is 10.2. The second-order valence-electron chi connectivity index (χ2n) is 4.68. The summed E-state index contributed by atoms with van der Waals surface area (Å²) >= 11 is 0. The zero-order valence-electron chi connectivity index (χ0n) is 10.2. The van der Waals surface area contributed by atoms with E-state index >= 15 is 0 Å². The summed E-state index contributed by atoms with van der Waals surface area (Å²) in [4.78, 5) is 0. The van der Waals surface area contributed by atoms with Crippen molar-refractivity contribution < 1.29 is 0 Å². The van der Waals surface area contributed by atoms with Crippen LogP contribution in [0.1, 0.15) is 32.3 Å². The van der Waals surface area contributed by atoms with Crippen LogP contribution in [0.5, 0.6) is 0 Å². The Morgan fingerprint density at radius 2 is 2.50 bits per heavy atom. The molecule has 0 amide bonds. The molecule has 0 aliphatic carbocycles. The average molecular weight is 219 g/mol. The number of rotatable bonds is 3. The molecule has 1 aromatic heterocycles. The van der Waals surface area contributed by atoms with Crippen LogP contribution in [0.15, 0.2) is 18.5 Å². The lowest BCUT2D eigenvalue weighted by Gasteiger charge is -2.25. The van der Waals surface area contributed by atoms with Gasteiger partial charge < -0.3 is 5.32 Å². The number of piperidine rings is 1. The van der Waals surface area contributed by atoms with Gasteiger partial charge in [-0.1, -0.05) is 19.1 Å². The Labute approximate surface area is 97.5 Å². The van der Waals surface area contributed by atoms with E-state index in [4.69, 9.17) is 0 Å². The van der Waals surface area contributed by atoms with E-state index in [1.54, 1.807) is 0 Å². The fraction of sp³-hybridized carbons (Fsp3) is 0.615. The lowest BCUT2D eigenvalue weighted by Crippen LogP contribution is -2.35. The molecule has 0 radical (unpaired) electrons. The molecule has 1 fully saturated rings. The molecular weight excluding hydrogens is 198 g/mol. The van der Waals surface area contributed by atoms with E-state index in [0.717, 1.165) is 19.0 Å². The summed E-state index contributed by atoms with van der Waals surface area (Å²) < 4.78 is 1.95. The van der Waals surface area contributed by atoms with E-state index < -0.39 is 0 Å². The Morgan fingerprint density at radius 1 is 1.62 bits per heavy atom. The van der Waals surface area contributed by atoms with E-state index in [1.165, 1.54) is 18.4 Å². The topological polar surface area (TPSA) is 29.9 Å². The second kappa shape index (κ2) is 5.30. The molecule has 16 heavy (non-hydrogen) atoms. The highest BCUT2D eigenvalue weighted by molar-refractivity contribution is 5.47. The molecule has 2 heterocycles. The Balaban J connectivity index is 1.92. The van der Waals surface area contributed by atoms with E-state index in [2.05, 4.69) is 42.6 Å². The summed E-state index contributed by atoms with van der Waals surface area (Å²) in [5, 5.41) is 7.78. The molecule has 1 N–H and O–H groups in total. The molecule has 1 aliphatic rings. The number of hydrogen-bond donors (Lipinski definition) is 1. The number of aromatic nitrogens is 2. The minimum atomic E-state index is 0.536. The van der Waals surface area contributed by atoms with Crippen molar-refractivity contribution in [3.63, 3.8) is 0 Å². The van der Waals surface area contributed by atoms with Crippen LogP contribution in [-0.2, 0) is 6.54 Å². The van der Waals surface area contributed by atoms with Crippen molar-refractivity contribution in [3.8, 4) is 0 Å². The van der Waals surface area contributed by atoms with Gasteiger partial charge in [-0.15, -0.1) is 0 Å². The minimum absolute atomic E-state index is 0.536. The molecule has 2 unspecified atom stereocenters. The predicted octanol–water partition coefficient (Wildman–Crippen LogP) is 2.30. The summed E-state index contributed by atoms with van der Waals surface area (Å²) in [7, 11) is 0. The van der Waals surface area contributed by atoms with Crippen LogP contribution >= 0.6 is 0 Å². The van der Waals surface area contributed by atoms with E-state index in [0.29, 0.717) is 6.04 Å². The predicted molar refractivity (Wildman–Crippen MR) is 67.1 cm³/mol. The SMILES string of the molecule is CCn1cc(/C=C/C2CC(C)CCN2)cn1. The average Bonchev–Trinajstić information content (AvgIpc) is 2.74. The highest BCUT2D eigenvalue weighted by Crippen LogP contribution is 2.16. The van der Waals surface area contributed by atoms with Crippen LogP contribution in [0.25, 0.3) is 6.08 Å². The standard InChI is InChI=1S/C13H21N3/c1-3-16-10-12(9-15-16)4-5-13-8-11(2)6-7-14-13/h4-5,9-11,13-14H,3,6-8H2,1-2H3/b5-4+. The molecule has 3 heteroatoms. The van der Waals surface area contributed by atoms with E-state index in [-0.39, 0.29) is 0 Å². The lowest BCUT2D eigenvalue weighted by molar-refractivity contribution is 0.357. The largest absolute Gasteiger partial charge is 0.310 e. The first-order valence-corrected chi connectivity index (χ1v) is 6.22. The van der Waals surface area contributed by atoms with Gasteiger partial charge in [0, 0.05) is 24.3 Å².